The zero-order valence-electron chi connectivity index (χ0n) is 14.0. The van der Waals surface area contributed by atoms with Gasteiger partial charge in [-0.1, -0.05) is 55.5 Å². The van der Waals surface area contributed by atoms with Crippen molar-refractivity contribution in [2.75, 3.05) is 6.61 Å². The second-order valence-electron chi connectivity index (χ2n) is 6.25. The van der Waals surface area contributed by atoms with Gasteiger partial charge in [-0.25, -0.2) is 0 Å². The van der Waals surface area contributed by atoms with E-state index < -0.39 is 23.9 Å². The number of carbonyl (C=O) groups excluding carboxylic acids is 1. The predicted octanol–water partition coefficient (Wildman–Crippen LogP) is 2.78. The van der Waals surface area contributed by atoms with Crippen LogP contribution in [-0.4, -0.2) is 29.7 Å². The number of carboxylic acid groups (broad SMARTS) is 1. The van der Waals surface area contributed by atoms with E-state index in [0.717, 1.165) is 22.3 Å². The summed E-state index contributed by atoms with van der Waals surface area (Å²) in [5.74, 6) is -3.45. The van der Waals surface area contributed by atoms with E-state index >= 15 is 0 Å². The molecule has 3 N–H and O–H groups in total. The first-order valence-corrected chi connectivity index (χ1v) is 8.37. The molecule has 2 unspecified atom stereocenters. The maximum atomic E-state index is 12.3. The summed E-state index contributed by atoms with van der Waals surface area (Å²) < 4.78 is 5.39. The minimum atomic E-state index is -1.34. The number of hydrogen-bond acceptors (Lipinski definition) is 4. The monoisotopic (exact) mass is 339 g/mol. The van der Waals surface area contributed by atoms with Crippen molar-refractivity contribution in [1.29, 1.82) is 0 Å². The van der Waals surface area contributed by atoms with Crippen LogP contribution >= 0.6 is 0 Å². The first-order chi connectivity index (χ1) is 12.0. The Morgan fingerprint density at radius 2 is 1.60 bits per heavy atom. The Balaban J connectivity index is 1.82. The Morgan fingerprint density at radius 3 is 2.08 bits per heavy atom. The standard InChI is InChI=1S/C20H21NO4/c1-2-17(21)18(19(22)23)20(24)25-11-16-14-9-5-3-7-12(14)13-8-4-6-10-15(13)16/h3-10,16-18H,2,11,21H2,1H3,(H,22,23). The van der Waals surface area contributed by atoms with Crippen molar-refractivity contribution in [2.45, 2.75) is 25.3 Å². The summed E-state index contributed by atoms with van der Waals surface area (Å²) >= 11 is 0. The molecule has 0 aromatic heterocycles. The molecule has 3 rings (SSSR count). The lowest BCUT2D eigenvalue weighted by Crippen LogP contribution is -2.41. The van der Waals surface area contributed by atoms with Gasteiger partial charge in [0.2, 0.25) is 0 Å². The molecule has 0 heterocycles. The SMILES string of the molecule is CCC(N)C(C(=O)O)C(=O)OCC1c2ccccc2-c2ccccc21. The number of benzene rings is 2. The Hall–Kier alpha value is -2.66. The summed E-state index contributed by atoms with van der Waals surface area (Å²) in [6, 6.07) is 15.2. The normalized spacial score (nSPS) is 15.1. The van der Waals surface area contributed by atoms with Gasteiger partial charge in [0, 0.05) is 12.0 Å². The van der Waals surface area contributed by atoms with Gasteiger partial charge < -0.3 is 15.6 Å². The van der Waals surface area contributed by atoms with Crippen LogP contribution in [0.1, 0.15) is 30.4 Å². The van der Waals surface area contributed by atoms with Crippen molar-refractivity contribution >= 4 is 11.9 Å². The first kappa shape index (κ1) is 17.2. The highest BCUT2D eigenvalue weighted by Gasteiger charge is 2.35. The zero-order valence-corrected chi connectivity index (χ0v) is 14.0. The maximum Gasteiger partial charge on any atom is 0.321 e. The summed E-state index contributed by atoms with van der Waals surface area (Å²) in [5, 5.41) is 9.27. The van der Waals surface area contributed by atoms with E-state index in [1.165, 1.54) is 0 Å². The van der Waals surface area contributed by atoms with Crippen molar-refractivity contribution in [2.24, 2.45) is 11.7 Å². The number of aliphatic carboxylic acids is 1. The number of carbonyl (C=O) groups is 2. The second-order valence-corrected chi connectivity index (χ2v) is 6.25. The quantitative estimate of drug-likeness (QED) is 0.624. The second kappa shape index (κ2) is 7.07. The van der Waals surface area contributed by atoms with Crippen molar-refractivity contribution in [3.8, 4) is 11.1 Å². The molecule has 0 spiro atoms. The topological polar surface area (TPSA) is 89.6 Å². The van der Waals surface area contributed by atoms with Gasteiger partial charge in [0.1, 0.15) is 6.61 Å². The molecule has 2 aromatic rings. The summed E-state index contributed by atoms with van der Waals surface area (Å²) in [7, 11) is 0. The molecular weight excluding hydrogens is 318 g/mol. The van der Waals surface area contributed by atoms with Gasteiger partial charge in [0.05, 0.1) is 0 Å². The van der Waals surface area contributed by atoms with Crippen LogP contribution in [0.2, 0.25) is 0 Å². The molecule has 1 aliphatic carbocycles. The fourth-order valence-electron chi connectivity index (χ4n) is 3.39. The highest BCUT2D eigenvalue weighted by Crippen LogP contribution is 2.44. The highest BCUT2D eigenvalue weighted by atomic mass is 16.5. The molecule has 0 bridgehead atoms. The van der Waals surface area contributed by atoms with E-state index in [1.54, 1.807) is 6.92 Å². The van der Waals surface area contributed by atoms with Gasteiger partial charge >= 0.3 is 11.9 Å². The molecular formula is C20H21NO4. The predicted molar refractivity (Wildman–Crippen MR) is 94.1 cm³/mol. The number of ether oxygens (including phenoxy) is 1. The Bertz CT molecular complexity index is 756. The lowest BCUT2D eigenvalue weighted by Gasteiger charge is -2.19. The summed E-state index contributed by atoms with van der Waals surface area (Å²) in [6.45, 7) is 1.85. The van der Waals surface area contributed by atoms with Crippen LogP contribution in [0.4, 0.5) is 0 Å². The van der Waals surface area contributed by atoms with Crippen LogP contribution in [0, 0.1) is 5.92 Å². The lowest BCUT2D eigenvalue weighted by molar-refractivity contribution is -0.159. The first-order valence-electron chi connectivity index (χ1n) is 8.37. The molecule has 0 aliphatic heterocycles. The number of rotatable bonds is 6. The molecule has 0 saturated carbocycles. The molecule has 5 nitrogen and oxygen atoms in total. The molecule has 2 atom stereocenters. The molecule has 0 amide bonds. The number of carboxylic acids is 1. The van der Waals surface area contributed by atoms with E-state index in [4.69, 9.17) is 10.5 Å². The fourth-order valence-corrected chi connectivity index (χ4v) is 3.39. The van der Waals surface area contributed by atoms with Gasteiger partial charge in [-0.05, 0) is 28.7 Å². The van der Waals surface area contributed by atoms with E-state index in [1.807, 2.05) is 48.5 Å². The number of fused-ring (bicyclic) bond motifs is 3. The zero-order chi connectivity index (χ0) is 18.0. The Labute approximate surface area is 146 Å². The van der Waals surface area contributed by atoms with Crippen LogP contribution in [-0.2, 0) is 14.3 Å². The minimum Gasteiger partial charge on any atom is -0.481 e. The maximum absolute atomic E-state index is 12.3. The van der Waals surface area contributed by atoms with Gasteiger partial charge in [-0.15, -0.1) is 0 Å². The van der Waals surface area contributed by atoms with E-state index in [0.29, 0.717) is 6.42 Å². The molecule has 0 radical (unpaired) electrons. The fraction of sp³-hybridized carbons (Fsp3) is 0.300. The van der Waals surface area contributed by atoms with Crippen LogP contribution in [0.5, 0.6) is 0 Å². The molecule has 130 valence electrons. The Morgan fingerprint density at radius 1 is 1.08 bits per heavy atom. The summed E-state index contributed by atoms with van der Waals surface area (Å²) in [5.41, 5.74) is 10.2. The lowest BCUT2D eigenvalue weighted by atomic mass is 9.97. The van der Waals surface area contributed by atoms with Crippen molar-refractivity contribution in [1.82, 2.24) is 0 Å². The molecule has 1 aliphatic rings. The largest absolute Gasteiger partial charge is 0.481 e. The molecule has 0 fully saturated rings. The van der Waals surface area contributed by atoms with E-state index in [9.17, 15) is 14.7 Å². The van der Waals surface area contributed by atoms with Crippen LogP contribution in [0.25, 0.3) is 11.1 Å². The molecule has 5 heteroatoms. The minimum absolute atomic E-state index is 0.0938. The van der Waals surface area contributed by atoms with Gasteiger partial charge in [0.15, 0.2) is 5.92 Å². The Kier molecular flexibility index (Phi) is 4.86. The smallest absolute Gasteiger partial charge is 0.321 e. The highest BCUT2D eigenvalue weighted by molar-refractivity contribution is 5.94. The molecule has 25 heavy (non-hydrogen) atoms. The van der Waals surface area contributed by atoms with E-state index in [2.05, 4.69) is 0 Å². The average Bonchev–Trinajstić information content (AvgIpc) is 2.93. The van der Waals surface area contributed by atoms with Crippen LogP contribution < -0.4 is 5.73 Å². The van der Waals surface area contributed by atoms with Crippen LogP contribution in [0.3, 0.4) is 0 Å². The number of esters is 1. The van der Waals surface area contributed by atoms with Gasteiger partial charge in [-0.3, -0.25) is 9.59 Å². The van der Waals surface area contributed by atoms with Crippen molar-refractivity contribution < 1.29 is 19.4 Å². The van der Waals surface area contributed by atoms with E-state index in [-0.39, 0.29) is 12.5 Å². The third kappa shape index (κ3) is 3.15. The average molecular weight is 339 g/mol. The third-order valence-electron chi connectivity index (χ3n) is 4.77. The number of hydrogen-bond donors (Lipinski definition) is 2. The van der Waals surface area contributed by atoms with Gasteiger partial charge in [-0.2, -0.15) is 0 Å². The molecule has 2 aromatic carbocycles. The van der Waals surface area contributed by atoms with Gasteiger partial charge in [0.25, 0.3) is 0 Å². The summed E-state index contributed by atoms with van der Waals surface area (Å²) in [6.07, 6.45) is 0.390. The van der Waals surface area contributed by atoms with Crippen molar-refractivity contribution in [3.05, 3.63) is 59.7 Å². The number of nitrogens with two attached hydrogens (primary N) is 1. The van der Waals surface area contributed by atoms with Crippen molar-refractivity contribution in [3.63, 3.8) is 0 Å². The van der Waals surface area contributed by atoms with Crippen LogP contribution in [0.15, 0.2) is 48.5 Å². The third-order valence-corrected chi connectivity index (χ3v) is 4.77. The summed E-state index contributed by atoms with van der Waals surface area (Å²) in [4.78, 5) is 23.6. The molecule has 0 saturated heterocycles.